The van der Waals surface area contributed by atoms with Crippen LogP contribution in [0.5, 0.6) is 0 Å². The first-order chi connectivity index (χ1) is 13.7. The van der Waals surface area contributed by atoms with Crippen LogP contribution >= 0.6 is 24.0 Å². The van der Waals surface area contributed by atoms with Gasteiger partial charge in [0.05, 0.1) is 6.61 Å². The molecule has 1 aliphatic rings. The molecule has 29 heavy (non-hydrogen) atoms. The first kappa shape index (κ1) is 24.0. The Labute approximate surface area is 191 Å². The maximum absolute atomic E-state index is 5.18. The minimum atomic E-state index is 0. The summed E-state index contributed by atoms with van der Waals surface area (Å²) in [5, 5.41) is 8.42. The summed E-state index contributed by atoms with van der Waals surface area (Å²) in [5.74, 6) is 0.907. The van der Waals surface area contributed by atoms with Gasteiger partial charge in [-0.1, -0.05) is 25.1 Å². The number of ether oxygens (including phenoxy) is 1. The molecule has 0 unspecified atom stereocenters. The number of aromatic amines is 1. The van der Waals surface area contributed by atoms with Gasteiger partial charge in [-0.2, -0.15) is 0 Å². The Morgan fingerprint density at radius 2 is 2.07 bits per heavy atom. The molecule has 3 N–H and O–H groups in total. The third-order valence-electron chi connectivity index (χ3n) is 5.72. The second-order valence-corrected chi connectivity index (χ2v) is 7.51. The largest absolute Gasteiger partial charge is 0.383 e. The zero-order chi connectivity index (χ0) is 19.8. The fraction of sp³-hybridized carbons (Fsp3) is 0.591. The van der Waals surface area contributed by atoms with Crippen LogP contribution in [0.15, 0.2) is 29.4 Å². The van der Waals surface area contributed by atoms with E-state index in [1.54, 1.807) is 7.11 Å². The molecule has 0 aliphatic carbocycles. The van der Waals surface area contributed by atoms with Crippen molar-refractivity contribution in [2.45, 2.75) is 38.6 Å². The van der Waals surface area contributed by atoms with E-state index in [0.29, 0.717) is 6.04 Å². The van der Waals surface area contributed by atoms with Crippen LogP contribution in [0.4, 0.5) is 0 Å². The lowest BCUT2D eigenvalue weighted by Gasteiger charge is -2.32. The van der Waals surface area contributed by atoms with Gasteiger partial charge >= 0.3 is 0 Å². The molecule has 1 saturated heterocycles. The molecule has 1 fully saturated rings. The van der Waals surface area contributed by atoms with Crippen LogP contribution in [0, 0.1) is 0 Å². The Morgan fingerprint density at radius 1 is 1.28 bits per heavy atom. The molecule has 0 atom stereocenters. The van der Waals surface area contributed by atoms with Gasteiger partial charge in [-0.3, -0.25) is 4.99 Å². The molecule has 1 aliphatic heterocycles. The summed E-state index contributed by atoms with van der Waals surface area (Å²) in [6.45, 7) is 7.15. The van der Waals surface area contributed by atoms with Crippen LogP contribution in [0.1, 0.15) is 30.9 Å². The molecule has 0 saturated carbocycles. The molecule has 0 spiro atoms. The van der Waals surface area contributed by atoms with Gasteiger partial charge in [0, 0.05) is 63.5 Å². The molecule has 6 nitrogen and oxygen atoms in total. The smallest absolute Gasteiger partial charge is 0.191 e. The third kappa shape index (κ3) is 6.58. The van der Waals surface area contributed by atoms with Crippen LogP contribution in [0.25, 0.3) is 10.9 Å². The van der Waals surface area contributed by atoms with E-state index in [4.69, 9.17) is 4.74 Å². The van der Waals surface area contributed by atoms with Crippen LogP contribution in [-0.4, -0.2) is 68.8 Å². The number of methoxy groups -OCH3 is 1. The lowest BCUT2D eigenvalue weighted by molar-refractivity contribution is 0.128. The minimum absolute atomic E-state index is 0. The number of nitrogens with one attached hydrogen (secondary N) is 3. The van der Waals surface area contributed by atoms with E-state index in [0.717, 1.165) is 64.4 Å². The van der Waals surface area contributed by atoms with Gasteiger partial charge in [0.15, 0.2) is 5.96 Å². The Bertz CT molecular complexity index is 768. The SMILES string of the molecule is CCc1cccc2c(CCNC(=NC)NC3CCN(CCOC)CC3)c[nH]c12.I. The highest BCUT2D eigenvalue weighted by Gasteiger charge is 2.19. The van der Waals surface area contributed by atoms with Crippen molar-refractivity contribution in [2.24, 2.45) is 4.99 Å². The zero-order valence-corrected chi connectivity index (χ0v) is 20.3. The number of aryl methyl sites for hydroxylation is 1. The summed E-state index contributed by atoms with van der Waals surface area (Å²) < 4.78 is 5.18. The molecule has 1 aromatic heterocycles. The van der Waals surface area contributed by atoms with E-state index < -0.39 is 0 Å². The first-order valence-electron chi connectivity index (χ1n) is 10.5. The van der Waals surface area contributed by atoms with E-state index in [1.807, 2.05) is 7.05 Å². The number of fused-ring (bicyclic) bond motifs is 1. The van der Waals surface area contributed by atoms with E-state index in [1.165, 1.54) is 22.0 Å². The number of aromatic nitrogens is 1. The van der Waals surface area contributed by atoms with Crippen LogP contribution in [0.3, 0.4) is 0 Å². The van der Waals surface area contributed by atoms with Gasteiger partial charge in [-0.05, 0) is 36.8 Å². The molecule has 0 amide bonds. The third-order valence-corrected chi connectivity index (χ3v) is 5.72. The van der Waals surface area contributed by atoms with E-state index in [-0.39, 0.29) is 24.0 Å². The number of H-pyrrole nitrogens is 1. The normalized spacial score (nSPS) is 16.0. The molecular formula is C22H36IN5O. The molecule has 3 rings (SSSR count). The lowest BCUT2D eigenvalue weighted by Crippen LogP contribution is -2.49. The maximum atomic E-state index is 5.18. The number of hydrogen-bond acceptors (Lipinski definition) is 3. The van der Waals surface area contributed by atoms with Crippen molar-refractivity contribution in [1.82, 2.24) is 20.5 Å². The number of likely N-dealkylation sites (tertiary alicyclic amines) is 1. The van der Waals surface area contributed by atoms with Crippen molar-refractivity contribution < 1.29 is 4.74 Å². The van der Waals surface area contributed by atoms with E-state index in [9.17, 15) is 0 Å². The summed E-state index contributed by atoms with van der Waals surface area (Å²) in [6.07, 6.45) is 6.47. The number of para-hydroxylation sites is 1. The number of nitrogens with zero attached hydrogens (tertiary/aromatic N) is 2. The molecule has 1 aromatic carbocycles. The molecule has 2 aromatic rings. The van der Waals surface area contributed by atoms with Gasteiger partial charge in [-0.25, -0.2) is 0 Å². The van der Waals surface area contributed by atoms with Crippen LogP contribution in [-0.2, 0) is 17.6 Å². The highest BCUT2D eigenvalue weighted by atomic mass is 127. The quantitative estimate of drug-likeness (QED) is 0.288. The Hall–Kier alpha value is -1.32. The van der Waals surface area contributed by atoms with Gasteiger partial charge in [0.1, 0.15) is 0 Å². The number of aliphatic imine (C=N–C) groups is 1. The van der Waals surface area contributed by atoms with Crippen molar-refractivity contribution >= 4 is 40.8 Å². The fourth-order valence-electron chi connectivity index (χ4n) is 4.00. The Kier molecular flexibility index (Phi) is 10.2. The van der Waals surface area contributed by atoms with Gasteiger partial charge in [-0.15, -0.1) is 24.0 Å². The predicted molar refractivity (Wildman–Crippen MR) is 133 cm³/mol. The second-order valence-electron chi connectivity index (χ2n) is 7.51. The number of guanidine groups is 1. The van der Waals surface area contributed by atoms with Crippen molar-refractivity contribution in [3.05, 3.63) is 35.5 Å². The van der Waals surface area contributed by atoms with E-state index in [2.05, 4.69) is 56.8 Å². The summed E-state index contributed by atoms with van der Waals surface area (Å²) >= 11 is 0. The summed E-state index contributed by atoms with van der Waals surface area (Å²) in [4.78, 5) is 10.3. The average molecular weight is 513 g/mol. The maximum Gasteiger partial charge on any atom is 0.191 e. The number of piperidine rings is 1. The van der Waals surface area contributed by atoms with Crippen molar-refractivity contribution in [1.29, 1.82) is 0 Å². The van der Waals surface area contributed by atoms with Crippen molar-refractivity contribution in [3.63, 3.8) is 0 Å². The highest BCUT2D eigenvalue weighted by Crippen LogP contribution is 2.22. The zero-order valence-electron chi connectivity index (χ0n) is 18.0. The number of rotatable bonds is 8. The molecule has 162 valence electrons. The predicted octanol–water partition coefficient (Wildman–Crippen LogP) is 3.17. The number of benzene rings is 1. The number of hydrogen-bond donors (Lipinski definition) is 3. The van der Waals surface area contributed by atoms with Gasteiger partial charge in [0.2, 0.25) is 0 Å². The fourth-order valence-corrected chi connectivity index (χ4v) is 4.00. The van der Waals surface area contributed by atoms with Gasteiger partial charge < -0.3 is 25.3 Å². The van der Waals surface area contributed by atoms with Crippen LogP contribution < -0.4 is 10.6 Å². The topological polar surface area (TPSA) is 64.7 Å². The van der Waals surface area contributed by atoms with Crippen molar-refractivity contribution in [2.75, 3.05) is 46.9 Å². The molecule has 0 radical (unpaired) electrons. The molecule has 0 bridgehead atoms. The minimum Gasteiger partial charge on any atom is -0.383 e. The summed E-state index contributed by atoms with van der Waals surface area (Å²) in [6, 6.07) is 7.06. The van der Waals surface area contributed by atoms with Gasteiger partial charge in [0.25, 0.3) is 0 Å². The first-order valence-corrected chi connectivity index (χ1v) is 10.5. The second kappa shape index (κ2) is 12.4. The summed E-state index contributed by atoms with van der Waals surface area (Å²) in [5.41, 5.74) is 4.02. The number of halogens is 1. The van der Waals surface area contributed by atoms with E-state index >= 15 is 0 Å². The molecule has 7 heteroatoms. The standard InChI is InChI=1S/C22H35N5O.HI/c1-4-17-6-5-7-20-18(16-25-21(17)20)8-11-24-22(23-2)26-19-9-12-27(13-10-19)14-15-28-3;/h5-7,16,19,25H,4,8-15H2,1-3H3,(H2,23,24,26);1H. The molecule has 2 heterocycles. The van der Waals surface area contributed by atoms with Crippen LogP contribution in [0.2, 0.25) is 0 Å². The Morgan fingerprint density at radius 3 is 2.76 bits per heavy atom. The average Bonchev–Trinajstić information content (AvgIpc) is 3.15. The molecular weight excluding hydrogens is 477 g/mol. The lowest BCUT2D eigenvalue weighted by atomic mass is 10.1. The highest BCUT2D eigenvalue weighted by molar-refractivity contribution is 14.0. The van der Waals surface area contributed by atoms with Crippen molar-refractivity contribution in [3.8, 4) is 0 Å². The Balaban J connectivity index is 0.00000300. The summed E-state index contributed by atoms with van der Waals surface area (Å²) in [7, 11) is 3.62. The monoisotopic (exact) mass is 513 g/mol.